The molecule has 1 atom stereocenters. The maximum atomic E-state index is 4.92. The van der Waals surface area contributed by atoms with E-state index in [4.69, 9.17) is 4.98 Å². The van der Waals surface area contributed by atoms with Crippen LogP contribution in [0.2, 0.25) is 0 Å². The highest BCUT2D eigenvalue weighted by molar-refractivity contribution is 5.80. The molecule has 0 aliphatic carbocycles. The molecule has 4 rings (SSSR count). The minimum atomic E-state index is 0.391. The zero-order valence-electron chi connectivity index (χ0n) is 13.7. The summed E-state index contributed by atoms with van der Waals surface area (Å²) in [5.74, 6) is 1.42. The Balaban J connectivity index is 2.09. The van der Waals surface area contributed by atoms with Crippen LogP contribution in [0.4, 0.5) is 0 Å². The molecule has 0 radical (unpaired) electrons. The summed E-state index contributed by atoms with van der Waals surface area (Å²) in [6, 6.07) is 19.1. The molecule has 3 aromatic rings. The molecular weight excluding hydrogens is 280 g/mol. The monoisotopic (exact) mass is 300 g/mol. The van der Waals surface area contributed by atoms with Gasteiger partial charge in [-0.25, -0.2) is 4.98 Å². The average molecular weight is 300 g/mol. The molecule has 23 heavy (non-hydrogen) atoms. The highest BCUT2D eigenvalue weighted by Crippen LogP contribution is 2.44. The van der Waals surface area contributed by atoms with Gasteiger partial charge in [0.1, 0.15) is 5.82 Å². The molecule has 0 saturated carbocycles. The lowest BCUT2D eigenvalue weighted by molar-refractivity contribution is 0.878. The van der Waals surface area contributed by atoms with Crippen molar-refractivity contribution < 1.29 is 0 Å². The molecule has 1 aliphatic heterocycles. The van der Waals surface area contributed by atoms with Crippen molar-refractivity contribution in [3.05, 3.63) is 77.6 Å². The van der Waals surface area contributed by atoms with Crippen LogP contribution in [0.5, 0.6) is 0 Å². The van der Waals surface area contributed by atoms with Crippen molar-refractivity contribution in [1.29, 1.82) is 0 Å². The number of benzene rings is 2. The Morgan fingerprint density at radius 1 is 1.00 bits per heavy atom. The average Bonchev–Trinajstić information content (AvgIpc) is 2.94. The van der Waals surface area contributed by atoms with Crippen LogP contribution in [0.25, 0.3) is 22.6 Å². The second-order valence-corrected chi connectivity index (χ2v) is 6.10. The molecule has 2 nitrogen and oxygen atoms in total. The highest BCUT2D eigenvalue weighted by Gasteiger charge is 2.30. The first-order chi connectivity index (χ1) is 11.2. The number of imidazole rings is 1. The smallest absolute Gasteiger partial charge is 0.145 e. The molecule has 2 aromatic carbocycles. The van der Waals surface area contributed by atoms with Crippen molar-refractivity contribution in [1.82, 2.24) is 9.55 Å². The second kappa shape index (κ2) is 5.24. The van der Waals surface area contributed by atoms with Crippen LogP contribution in [0, 0.1) is 6.92 Å². The number of nitrogens with zero attached hydrogens (tertiary/aromatic N) is 2. The van der Waals surface area contributed by atoms with Gasteiger partial charge in [-0.05, 0) is 31.1 Å². The van der Waals surface area contributed by atoms with Crippen molar-refractivity contribution in [2.45, 2.75) is 26.7 Å². The first-order valence-electron chi connectivity index (χ1n) is 8.13. The molecule has 0 N–H and O–H groups in total. The molecular formula is C21H20N2. The second-order valence-electron chi connectivity index (χ2n) is 6.10. The molecule has 0 amide bonds. The molecule has 1 aliphatic rings. The van der Waals surface area contributed by atoms with Crippen LogP contribution >= 0.6 is 0 Å². The fourth-order valence-corrected chi connectivity index (χ4v) is 3.70. The number of hydrogen-bond donors (Lipinski definition) is 0. The summed E-state index contributed by atoms with van der Waals surface area (Å²) in [6.07, 6.45) is 2.23. The number of hydrogen-bond acceptors (Lipinski definition) is 1. The van der Waals surface area contributed by atoms with Crippen molar-refractivity contribution in [2.24, 2.45) is 0 Å². The van der Waals surface area contributed by atoms with Gasteiger partial charge in [0.25, 0.3) is 0 Å². The Hall–Kier alpha value is -2.61. The fraction of sp³-hybridized carbons (Fsp3) is 0.190. The predicted octanol–water partition coefficient (Wildman–Crippen LogP) is 5.37. The van der Waals surface area contributed by atoms with E-state index < -0.39 is 0 Å². The number of aryl methyl sites for hydroxylation is 1. The van der Waals surface area contributed by atoms with Crippen molar-refractivity contribution in [2.75, 3.05) is 0 Å². The Labute approximate surface area is 137 Å². The summed E-state index contributed by atoms with van der Waals surface area (Å²) in [5, 5.41) is 0. The number of rotatable bonds is 1. The topological polar surface area (TPSA) is 17.8 Å². The summed E-state index contributed by atoms with van der Waals surface area (Å²) >= 11 is 0. The normalized spacial score (nSPS) is 17.9. The molecule has 1 unspecified atom stereocenters. The van der Waals surface area contributed by atoms with E-state index in [0.717, 1.165) is 17.1 Å². The highest BCUT2D eigenvalue weighted by atomic mass is 15.1. The summed E-state index contributed by atoms with van der Waals surface area (Å²) < 4.78 is 2.33. The van der Waals surface area contributed by atoms with Gasteiger partial charge in [0.15, 0.2) is 0 Å². The third kappa shape index (κ3) is 1.98. The number of fused-ring (bicyclic) bond motifs is 3. The van der Waals surface area contributed by atoms with Crippen molar-refractivity contribution >= 4 is 5.57 Å². The molecule has 0 saturated heterocycles. The van der Waals surface area contributed by atoms with E-state index in [1.54, 1.807) is 0 Å². The van der Waals surface area contributed by atoms with E-state index in [9.17, 15) is 0 Å². The standard InChI is InChI=1S/C21H20N2/c1-4-17-14(2)18-12-8-9-13-19(18)23-20(17)15(3)22-21(23)16-10-6-5-7-11-16/h4-14H,1-3H3. The van der Waals surface area contributed by atoms with Gasteiger partial charge >= 0.3 is 0 Å². The van der Waals surface area contributed by atoms with E-state index in [1.807, 2.05) is 6.07 Å². The van der Waals surface area contributed by atoms with Crippen LogP contribution < -0.4 is 0 Å². The lowest BCUT2D eigenvalue weighted by Gasteiger charge is -2.28. The molecule has 2 heteroatoms. The molecule has 0 fully saturated rings. The predicted molar refractivity (Wildman–Crippen MR) is 95.8 cm³/mol. The van der Waals surface area contributed by atoms with E-state index in [2.05, 4.69) is 79.9 Å². The van der Waals surface area contributed by atoms with E-state index in [0.29, 0.717) is 5.92 Å². The lowest BCUT2D eigenvalue weighted by Crippen LogP contribution is -2.15. The first kappa shape index (κ1) is 14.0. The summed E-state index contributed by atoms with van der Waals surface area (Å²) in [7, 11) is 0. The van der Waals surface area contributed by atoms with Gasteiger partial charge in [-0.15, -0.1) is 0 Å². The fourth-order valence-electron chi connectivity index (χ4n) is 3.70. The first-order valence-corrected chi connectivity index (χ1v) is 8.13. The van der Waals surface area contributed by atoms with Crippen molar-refractivity contribution in [3.8, 4) is 17.1 Å². The number of para-hydroxylation sites is 1. The van der Waals surface area contributed by atoms with Gasteiger partial charge in [0.05, 0.1) is 17.1 Å². The van der Waals surface area contributed by atoms with Gasteiger partial charge in [0, 0.05) is 11.5 Å². The summed E-state index contributed by atoms with van der Waals surface area (Å²) in [4.78, 5) is 4.92. The van der Waals surface area contributed by atoms with Crippen LogP contribution in [-0.2, 0) is 0 Å². The number of allylic oxidation sites excluding steroid dienone is 2. The molecule has 1 aromatic heterocycles. The SMILES string of the molecule is CC=C1c2c(C)nc(-c3ccccc3)n2-c2ccccc2C1C. The third-order valence-corrected chi connectivity index (χ3v) is 4.78. The number of aromatic nitrogens is 2. The van der Waals surface area contributed by atoms with Crippen LogP contribution in [-0.4, -0.2) is 9.55 Å². The van der Waals surface area contributed by atoms with Crippen LogP contribution in [0.1, 0.15) is 36.7 Å². The third-order valence-electron chi connectivity index (χ3n) is 4.78. The Morgan fingerprint density at radius 3 is 2.43 bits per heavy atom. The molecule has 0 bridgehead atoms. The molecule has 0 spiro atoms. The maximum Gasteiger partial charge on any atom is 0.145 e. The van der Waals surface area contributed by atoms with Gasteiger partial charge in [-0.2, -0.15) is 0 Å². The van der Waals surface area contributed by atoms with Gasteiger partial charge in [0.2, 0.25) is 0 Å². The van der Waals surface area contributed by atoms with E-state index >= 15 is 0 Å². The zero-order chi connectivity index (χ0) is 16.0. The van der Waals surface area contributed by atoms with Crippen LogP contribution in [0.3, 0.4) is 0 Å². The van der Waals surface area contributed by atoms with E-state index in [-0.39, 0.29) is 0 Å². The Bertz CT molecular complexity index is 901. The van der Waals surface area contributed by atoms with E-state index in [1.165, 1.54) is 22.5 Å². The molecule has 114 valence electrons. The van der Waals surface area contributed by atoms with Gasteiger partial charge in [-0.1, -0.05) is 61.5 Å². The summed E-state index contributed by atoms with van der Waals surface area (Å²) in [5.41, 5.74) is 7.47. The van der Waals surface area contributed by atoms with Crippen LogP contribution in [0.15, 0.2) is 60.7 Å². The molecule has 2 heterocycles. The zero-order valence-corrected chi connectivity index (χ0v) is 13.7. The minimum absolute atomic E-state index is 0.391. The Morgan fingerprint density at radius 2 is 1.70 bits per heavy atom. The quantitative estimate of drug-likeness (QED) is 0.591. The Kier molecular flexibility index (Phi) is 3.19. The minimum Gasteiger partial charge on any atom is -0.292 e. The van der Waals surface area contributed by atoms with Gasteiger partial charge in [-0.3, -0.25) is 4.57 Å². The van der Waals surface area contributed by atoms with Gasteiger partial charge < -0.3 is 0 Å². The largest absolute Gasteiger partial charge is 0.292 e. The lowest BCUT2D eigenvalue weighted by atomic mass is 9.85. The van der Waals surface area contributed by atoms with Crippen molar-refractivity contribution in [3.63, 3.8) is 0 Å². The maximum absolute atomic E-state index is 4.92. The summed E-state index contributed by atoms with van der Waals surface area (Å²) in [6.45, 7) is 6.52.